The van der Waals surface area contributed by atoms with Crippen LogP contribution < -0.4 is 5.32 Å². The van der Waals surface area contributed by atoms with E-state index < -0.39 is 6.04 Å². The minimum atomic E-state index is -0.685. The first-order valence-electron chi connectivity index (χ1n) is 11.5. The van der Waals surface area contributed by atoms with Crippen LogP contribution >= 0.6 is 23.2 Å². The smallest absolute Gasteiger partial charge is 0.243 e. The van der Waals surface area contributed by atoms with Crippen molar-refractivity contribution in [2.45, 2.75) is 31.8 Å². The molecule has 3 aromatic carbocycles. The molecule has 1 N–H and O–H groups in total. The van der Waals surface area contributed by atoms with E-state index in [2.05, 4.69) is 5.32 Å². The van der Waals surface area contributed by atoms with E-state index in [1.165, 1.54) is 0 Å². The van der Waals surface area contributed by atoms with Crippen molar-refractivity contribution in [1.82, 2.24) is 10.2 Å². The Labute approximate surface area is 217 Å². The van der Waals surface area contributed by atoms with Gasteiger partial charge in [0.15, 0.2) is 0 Å². The van der Waals surface area contributed by atoms with E-state index in [0.29, 0.717) is 36.0 Å². The molecule has 0 aromatic heterocycles. The maximum absolute atomic E-state index is 13.6. The zero-order chi connectivity index (χ0) is 25.0. The molecule has 0 heterocycles. The van der Waals surface area contributed by atoms with Gasteiger partial charge in [0, 0.05) is 43.3 Å². The van der Waals surface area contributed by atoms with Crippen LogP contribution in [0.3, 0.4) is 0 Å². The first kappa shape index (κ1) is 26.7. The van der Waals surface area contributed by atoms with E-state index >= 15 is 0 Å². The van der Waals surface area contributed by atoms with E-state index in [9.17, 15) is 9.59 Å². The summed E-state index contributed by atoms with van der Waals surface area (Å²) in [6, 6.07) is 23.6. The van der Waals surface area contributed by atoms with Crippen molar-refractivity contribution < 1.29 is 14.3 Å². The Bertz CT molecular complexity index is 1070. The molecule has 0 saturated heterocycles. The van der Waals surface area contributed by atoms with Crippen molar-refractivity contribution >= 4 is 35.0 Å². The van der Waals surface area contributed by atoms with Crippen LogP contribution in [0, 0.1) is 0 Å². The highest BCUT2D eigenvalue weighted by molar-refractivity contribution is 6.30. The molecule has 35 heavy (non-hydrogen) atoms. The summed E-state index contributed by atoms with van der Waals surface area (Å²) in [5.74, 6) is -0.335. The maximum Gasteiger partial charge on any atom is 0.243 e. The summed E-state index contributed by atoms with van der Waals surface area (Å²) in [5, 5.41) is 4.21. The van der Waals surface area contributed by atoms with Gasteiger partial charge < -0.3 is 15.0 Å². The molecule has 0 aliphatic rings. The number of nitrogens with one attached hydrogen (secondary N) is 1. The molecule has 1 atom stereocenters. The van der Waals surface area contributed by atoms with Gasteiger partial charge in [-0.2, -0.15) is 0 Å². The predicted molar refractivity (Wildman–Crippen MR) is 141 cm³/mol. The first-order chi connectivity index (χ1) is 17.0. The lowest BCUT2D eigenvalue weighted by atomic mass is 10.0. The summed E-state index contributed by atoms with van der Waals surface area (Å²) in [6.07, 6.45) is 1.25. The summed E-state index contributed by atoms with van der Waals surface area (Å²) >= 11 is 12.1. The molecule has 1 unspecified atom stereocenters. The number of halogens is 2. The van der Waals surface area contributed by atoms with E-state index in [1.807, 2.05) is 54.6 Å². The molecular formula is C28H30Cl2N2O3. The summed E-state index contributed by atoms with van der Waals surface area (Å²) in [5.41, 5.74) is 2.70. The quantitative estimate of drug-likeness (QED) is 0.333. The zero-order valence-electron chi connectivity index (χ0n) is 19.8. The Morgan fingerprint density at radius 3 is 2.06 bits per heavy atom. The number of rotatable bonds is 12. The second-order valence-corrected chi connectivity index (χ2v) is 9.17. The third kappa shape index (κ3) is 8.70. The van der Waals surface area contributed by atoms with Crippen LogP contribution in [0.15, 0.2) is 78.9 Å². The van der Waals surface area contributed by atoms with Gasteiger partial charge >= 0.3 is 0 Å². The van der Waals surface area contributed by atoms with Crippen LogP contribution in [0.1, 0.15) is 23.1 Å². The van der Waals surface area contributed by atoms with Crippen LogP contribution in [-0.2, 0) is 33.7 Å². The standard InChI is InChI=1S/C28H30Cl2N2O3/c1-35-17-5-16-31-28(34)26(18-21-6-3-2-4-7-21)32(20-23-10-14-25(30)15-11-23)27(33)19-22-8-12-24(29)13-9-22/h2-4,6-15,26H,5,16-20H2,1H3,(H,31,34). The molecule has 7 heteroatoms. The third-order valence-electron chi connectivity index (χ3n) is 5.63. The van der Waals surface area contributed by atoms with Gasteiger partial charge in [-0.25, -0.2) is 0 Å². The maximum atomic E-state index is 13.6. The SMILES string of the molecule is COCCCNC(=O)C(Cc1ccccc1)N(Cc1ccc(Cl)cc1)C(=O)Cc1ccc(Cl)cc1. The van der Waals surface area contributed by atoms with Gasteiger partial charge in [-0.15, -0.1) is 0 Å². The Morgan fingerprint density at radius 1 is 0.857 bits per heavy atom. The van der Waals surface area contributed by atoms with Crippen LogP contribution in [0.4, 0.5) is 0 Å². The molecule has 0 spiro atoms. The van der Waals surface area contributed by atoms with Crippen LogP contribution in [0.25, 0.3) is 0 Å². The van der Waals surface area contributed by atoms with Gasteiger partial charge in [-0.3, -0.25) is 9.59 Å². The number of carbonyl (C=O) groups is 2. The highest BCUT2D eigenvalue weighted by Gasteiger charge is 2.30. The lowest BCUT2D eigenvalue weighted by molar-refractivity contribution is -0.140. The average Bonchev–Trinajstić information content (AvgIpc) is 2.87. The minimum absolute atomic E-state index is 0.143. The molecular weight excluding hydrogens is 483 g/mol. The normalized spacial score (nSPS) is 11.6. The second-order valence-electron chi connectivity index (χ2n) is 8.29. The Morgan fingerprint density at radius 2 is 1.46 bits per heavy atom. The molecule has 2 amide bonds. The molecule has 0 radical (unpaired) electrons. The zero-order valence-corrected chi connectivity index (χ0v) is 21.3. The third-order valence-corrected chi connectivity index (χ3v) is 6.13. The molecule has 184 valence electrons. The number of amides is 2. The van der Waals surface area contributed by atoms with Crippen molar-refractivity contribution in [3.8, 4) is 0 Å². The van der Waals surface area contributed by atoms with Crippen LogP contribution in [0.2, 0.25) is 10.0 Å². The number of hydrogen-bond donors (Lipinski definition) is 1. The summed E-state index contributed by atoms with van der Waals surface area (Å²) in [4.78, 5) is 28.7. The summed E-state index contributed by atoms with van der Waals surface area (Å²) < 4.78 is 5.09. The number of benzene rings is 3. The fraction of sp³-hybridized carbons (Fsp3) is 0.286. The molecule has 0 saturated carbocycles. The van der Waals surface area contributed by atoms with Crippen molar-refractivity contribution in [3.05, 3.63) is 106 Å². The van der Waals surface area contributed by atoms with E-state index in [4.69, 9.17) is 27.9 Å². The molecule has 5 nitrogen and oxygen atoms in total. The summed E-state index contributed by atoms with van der Waals surface area (Å²) in [7, 11) is 1.63. The van der Waals surface area contributed by atoms with Crippen LogP contribution in [-0.4, -0.2) is 43.0 Å². The fourth-order valence-corrected chi connectivity index (χ4v) is 4.02. The lowest BCUT2D eigenvalue weighted by Gasteiger charge is -2.31. The van der Waals surface area contributed by atoms with Gasteiger partial charge in [0.25, 0.3) is 0 Å². The molecule has 0 bridgehead atoms. The van der Waals surface area contributed by atoms with Gasteiger partial charge in [-0.1, -0.05) is 77.8 Å². The Kier molecular flexibility index (Phi) is 10.6. The molecule has 0 fully saturated rings. The average molecular weight is 513 g/mol. The largest absolute Gasteiger partial charge is 0.385 e. The van der Waals surface area contributed by atoms with Crippen molar-refractivity contribution in [3.63, 3.8) is 0 Å². The highest BCUT2D eigenvalue weighted by Crippen LogP contribution is 2.19. The molecule has 3 aromatic rings. The first-order valence-corrected chi connectivity index (χ1v) is 12.3. The highest BCUT2D eigenvalue weighted by atomic mass is 35.5. The Hall–Kier alpha value is -2.86. The van der Waals surface area contributed by atoms with E-state index in [0.717, 1.165) is 16.7 Å². The number of carbonyl (C=O) groups excluding carboxylic acids is 2. The van der Waals surface area contributed by atoms with Gasteiger partial charge in [0.05, 0.1) is 6.42 Å². The second kappa shape index (κ2) is 13.9. The molecule has 0 aliphatic carbocycles. The monoisotopic (exact) mass is 512 g/mol. The van der Waals surface area contributed by atoms with E-state index in [1.54, 1.807) is 36.3 Å². The number of hydrogen-bond acceptors (Lipinski definition) is 3. The minimum Gasteiger partial charge on any atom is -0.385 e. The number of methoxy groups -OCH3 is 1. The fourth-order valence-electron chi connectivity index (χ4n) is 3.76. The Balaban J connectivity index is 1.90. The lowest BCUT2D eigenvalue weighted by Crippen LogP contribution is -2.51. The topological polar surface area (TPSA) is 58.6 Å². The molecule has 3 rings (SSSR count). The number of ether oxygens (including phenoxy) is 1. The number of nitrogens with zero attached hydrogens (tertiary/aromatic N) is 1. The van der Waals surface area contributed by atoms with Gasteiger partial charge in [0.1, 0.15) is 6.04 Å². The van der Waals surface area contributed by atoms with E-state index in [-0.39, 0.29) is 24.8 Å². The van der Waals surface area contributed by atoms with Gasteiger partial charge in [0.2, 0.25) is 11.8 Å². The van der Waals surface area contributed by atoms with Crippen molar-refractivity contribution in [2.24, 2.45) is 0 Å². The summed E-state index contributed by atoms with van der Waals surface area (Å²) in [6.45, 7) is 1.30. The van der Waals surface area contributed by atoms with Crippen molar-refractivity contribution in [2.75, 3.05) is 20.3 Å². The van der Waals surface area contributed by atoms with Crippen LogP contribution in [0.5, 0.6) is 0 Å². The predicted octanol–water partition coefficient (Wildman–Crippen LogP) is 5.33. The van der Waals surface area contributed by atoms with Gasteiger partial charge in [-0.05, 0) is 47.4 Å². The van der Waals surface area contributed by atoms with Crippen molar-refractivity contribution in [1.29, 1.82) is 0 Å². The molecule has 0 aliphatic heterocycles.